The molecule has 0 aliphatic heterocycles. The fourth-order valence-corrected chi connectivity index (χ4v) is 1.69. The Bertz CT molecular complexity index is 302. The first-order valence-electron chi connectivity index (χ1n) is 3.63. The number of aromatic nitrogens is 2. The van der Waals surface area contributed by atoms with Crippen LogP contribution in [-0.2, 0) is 6.42 Å². The fourth-order valence-electron chi connectivity index (χ4n) is 0.860. The van der Waals surface area contributed by atoms with Gasteiger partial charge in [-0.25, -0.2) is 9.97 Å². The summed E-state index contributed by atoms with van der Waals surface area (Å²) in [6.07, 6.45) is 3.24. The number of hydrogen-bond donors (Lipinski definition) is 0. The molecule has 1 aromatic heterocycles. The molecule has 0 spiro atoms. The third-order valence-electron chi connectivity index (χ3n) is 1.48. The van der Waals surface area contributed by atoms with E-state index < -0.39 is 0 Å². The van der Waals surface area contributed by atoms with Crippen LogP contribution < -0.4 is 0 Å². The number of rotatable bonds is 3. The zero-order valence-corrected chi connectivity index (χ0v) is 8.99. The van der Waals surface area contributed by atoms with Crippen LogP contribution in [0.4, 0.5) is 0 Å². The Morgan fingerprint density at radius 3 is 2.15 bits per heavy atom. The highest BCUT2D eigenvalue weighted by atomic mass is 35.5. The van der Waals surface area contributed by atoms with E-state index in [4.69, 9.17) is 34.8 Å². The molecule has 0 atom stereocenters. The molecule has 0 bridgehead atoms. The maximum atomic E-state index is 5.82. The van der Waals surface area contributed by atoms with Crippen molar-refractivity contribution in [1.29, 1.82) is 0 Å². The fraction of sp³-hybridized carbons (Fsp3) is 0.250. The molecule has 0 radical (unpaired) electrons. The van der Waals surface area contributed by atoms with Gasteiger partial charge in [0.05, 0.1) is 0 Å². The van der Waals surface area contributed by atoms with E-state index in [9.17, 15) is 0 Å². The van der Waals surface area contributed by atoms with Crippen molar-refractivity contribution in [2.45, 2.75) is 12.8 Å². The van der Waals surface area contributed by atoms with Gasteiger partial charge in [-0.1, -0.05) is 29.3 Å². The summed E-state index contributed by atoms with van der Waals surface area (Å²) in [5, 5.41) is 0.691. The Morgan fingerprint density at radius 1 is 1.15 bits per heavy atom. The summed E-state index contributed by atoms with van der Waals surface area (Å²) < 4.78 is 0. The summed E-state index contributed by atoms with van der Waals surface area (Å²) in [5.74, 6) is 0. The van der Waals surface area contributed by atoms with E-state index >= 15 is 0 Å². The van der Waals surface area contributed by atoms with Crippen LogP contribution in [0.3, 0.4) is 0 Å². The molecule has 1 rings (SSSR count). The van der Waals surface area contributed by atoms with Gasteiger partial charge in [-0.2, -0.15) is 0 Å². The van der Waals surface area contributed by atoms with E-state index in [1.165, 1.54) is 0 Å². The van der Waals surface area contributed by atoms with E-state index in [1.54, 1.807) is 6.08 Å². The van der Waals surface area contributed by atoms with E-state index in [0.717, 1.165) is 6.42 Å². The van der Waals surface area contributed by atoms with Crippen LogP contribution in [0.1, 0.15) is 12.0 Å². The van der Waals surface area contributed by atoms with Crippen LogP contribution in [0.2, 0.25) is 15.6 Å². The van der Waals surface area contributed by atoms with Gasteiger partial charge in [0.25, 0.3) is 0 Å². The molecule has 0 saturated carbocycles. The molecule has 0 unspecified atom stereocenters. The SMILES string of the molecule is C=CCCc1c(Cl)nc(Cl)nc1Cl. The summed E-state index contributed by atoms with van der Waals surface area (Å²) in [4.78, 5) is 7.58. The molecular formula is C8H7Cl3N2. The Morgan fingerprint density at radius 2 is 1.69 bits per heavy atom. The lowest BCUT2D eigenvalue weighted by Crippen LogP contribution is -1.94. The average Bonchev–Trinajstić information content (AvgIpc) is 2.02. The van der Waals surface area contributed by atoms with Crippen molar-refractivity contribution in [2.24, 2.45) is 0 Å². The Kier molecular flexibility index (Phi) is 3.97. The van der Waals surface area contributed by atoms with Crippen molar-refractivity contribution in [2.75, 3.05) is 0 Å². The summed E-state index contributed by atoms with van der Waals surface area (Å²) >= 11 is 17.2. The maximum Gasteiger partial charge on any atom is 0.225 e. The smallest absolute Gasteiger partial charge is 0.206 e. The molecule has 0 N–H and O–H groups in total. The van der Waals surface area contributed by atoms with Crippen LogP contribution in [0, 0.1) is 0 Å². The van der Waals surface area contributed by atoms with E-state index in [2.05, 4.69) is 16.5 Å². The molecule has 1 aromatic rings. The minimum atomic E-state index is 0.0670. The number of hydrogen-bond acceptors (Lipinski definition) is 2. The molecule has 0 aliphatic rings. The molecule has 2 nitrogen and oxygen atoms in total. The largest absolute Gasteiger partial charge is 0.225 e. The lowest BCUT2D eigenvalue weighted by molar-refractivity contribution is 0.966. The van der Waals surface area contributed by atoms with Gasteiger partial charge in [-0.3, -0.25) is 0 Å². The molecule has 0 saturated heterocycles. The number of halogens is 3. The first-order valence-corrected chi connectivity index (χ1v) is 4.77. The predicted octanol–water partition coefficient (Wildman–Crippen LogP) is 3.56. The molecular weight excluding hydrogens is 230 g/mol. The Balaban J connectivity index is 2.98. The van der Waals surface area contributed by atoms with Crippen LogP contribution in [0.5, 0.6) is 0 Å². The lowest BCUT2D eigenvalue weighted by atomic mass is 10.2. The van der Waals surface area contributed by atoms with Crippen molar-refractivity contribution >= 4 is 34.8 Å². The molecule has 70 valence electrons. The molecule has 0 aliphatic carbocycles. The molecule has 0 amide bonds. The highest BCUT2D eigenvalue weighted by molar-refractivity contribution is 6.36. The predicted molar refractivity (Wildman–Crippen MR) is 55.6 cm³/mol. The second-order valence-electron chi connectivity index (χ2n) is 2.38. The first-order chi connectivity index (χ1) is 6.15. The highest BCUT2D eigenvalue weighted by Gasteiger charge is 2.09. The molecule has 0 aromatic carbocycles. The van der Waals surface area contributed by atoms with Gasteiger partial charge >= 0.3 is 0 Å². The first kappa shape index (κ1) is 10.8. The van der Waals surface area contributed by atoms with Gasteiger partial charge in [0.1, 0.15) is 10.3 Å². The Labute approximate surface area is 91.6 Å². The van der Waals surface area contributed by atoms with Crippen molar-refractivity contribution in [3.8, 4) is 0 Å². The van der Waals surface area contributed by atoms with Crippen LogP contribution >= 0.6 is 34.8 Å². The zero-order chi connectivity index (χ0) is 9.84. The quantitative estimate of drug-likeness (QED) is 0.456. The highest BCUT2D eigenvalue weighted by Crippen LogP contribution is 2.23. The summed E-state index contributed by atoms with van der Waals surface area (Å²) in [5.41, 5.74) is 0.715. The Hall–Kier alpha value is -0.310. The third kappa shape index (κ3) is 2.83. The second-order valence-corrected chi connectivity index (χ2v) is 3.43. The van der Waals surface area contributed by atoms with Gasteiger partial charge in [0.15, 0.2) is 0 Å². The lowest BCUT2D eigenvalue weighted by Gasteiger charge is -2.03. The normalized spacial score (nSPS) is 10.1. The molecule has 0 fully saturated rings. The van der Waals surface area contributed by atoms with Gasteiger partial charge in [0.2, 0.25) is 5.28 Å². The van der Waals surface area contributed by atoms with Gasteiger partial charge < -0.3 is 0 Å². The minimum absolute atomic E-state index is 0.0670. The second kappa shape index (κ2) is 4.80. The molecule has 5 heteroatoms. The van der Waals surface area contributed by atoms with E-state index in [-0.39, 0.29) is 5.28 Å². The number of nitrogens with zero attached hydrogens (tertiary/aromatic N) is 2. The van der Waals surface area contributed by atoms with Crippen LogP contribution in [0.25, 0.3) is 0 Å². The number of allylic oxidation sites excluding steroid dienone is 1. The minimum Gasteiger partial charge on any atom is -0.206 e. The van der Waals surface area contributed by atoms with Crippen molar-refractivity contribution in [3.63, 3.8) is 0 Å². The van der Waals surface area contributed by atoms with E-state index in [0.29, 0.717) is 22.3 Å². The van der Waals surface area contributed by atoms with Crippen molar-refractivity contribution in [3.05, 3.63) is 33.8 Å². The summed E-state index contributed by atoms with van der Waals surface area (Å²) in [6, 6.07) is 0. The summed E-state index contributed by atoms with van der Waals surface area (Å²) in [6.45, 7) is 3.60. The van der Waals surface area contributed by atoms with E-state index in [1.807, 2.05) is 0 Å². The molecule has 13 heavy (non-hydrogen) atoms. The van der Waals surface area contributed by atoms with Crippen LogP contribution in [-0.4, -0.2) is 9.97 Å². The monoisotopic (exact) mass is 236 g/mol. The standard InChI is InChI=1S/C8H7Cl3N2/c1-2-3-4-5-6(9)12-8(11)13-7(5)10/h2H,1,3-4H2. The van der Waals surface area contributed by atoms with Crippen molar-refractivity contribution in [1.82, 2.24) is 9.97 Å². The maximum absolute atomic E-state index is 5.82. The van der Waals surface area contributed by atoms with Gasteiger partial charge in [0, 0.05) is 5.56 Å². The van der Waals surface area contributed by atoms with Crippen LogP contribution in [0.15, 0.2) is 12.7 Å². The zero-order valence-electron chi connectivity index (χ0n) is 6.73. The summed E-state index contributed by atoms with van der Waals surface area (Å²) in [7, 11) is 0. The van der Waals surface area contributed by atoms with Gasteiger partial charge in [-0.15, -0.1) is 6.58 Å². The molecule has 1 heterocycles. The topological polar surface area (TPSA) is 25.8 Å². The third-order valence-corrected chi connectivity index (χ3v) is 2.27. The van der Waals surface area contributed by atoms with Crippen molar-refractivity contribution < 1.29 is 0 Å². The average molecular weight is 238 g/mol. The van der Waals surface area contributed by atoms with Gasteiger partial charge in [-0.05, 0) is 24.4 Å².